The van der Waals surface area contributed by atoms with E-state index in [2.05, 4.69) is 4.98 Å². The zero-order chi connectivity index (χ0) is 24.7. The molecule has 0 aliphatic carbocycles. The zero-order valence-corrected chi connectivity index (χ0v) is 19.2. The minimum Gasteiger partial charge on any atom is -0.364 e. The number of carbonyl (C=O) groups excluding carboxylic acids is 1. The van der Waals surface area contributed by atoms with Crippen LogP contribution in [0.3, 0.4) is 0 Å². The van der Waals surface area contributed by atoms with Crippen LogP contribution in [0.2, 0.25) is 0 Å². The number of aromatic nitrogens is 4. The van der Waals surface area contributed by atoms with Crippen LogP contribution in [-0.2, 0) is 6.54 Å². The zero-order valence-electron chi connectivity index (χ0n) is 19.2. The van der Waals surface area contributed by atoms with E-state index in [1.165, 1.54) is 33.4 Å². The second-order valence-corrected chi connectivity index (χ2v) is 8.40. The largest absolute Gasteiger partial charge is 0.364 e. The first-order valence-electron chi connectivity index (χ1n) is 11.0. The van der Waals surface area contributed by atoms with Crippen molar-refractivity contribution in [2.24, 2.45) is 5.73 Å². The van der Waals surface area contributed by atoms with Crippen molar-refractivity contribution in [3.05, 3.63) is 111 Å². The number of benzene rings is 3. The fourth-order valence-electron chi connectivity index (χ4n) is 4.07. The predicted octanol–water partition coefficient (Wildman–Crippen LogP) is 4.15. The lowest BCUT2D eigenvalue weighted by Crippen LogP contribution is -2.24. The Kier molecular flexibility index (Phi) is 5.49. The van der Waals surface area contributed by atoms with E-state index in [9.17, 15) is 14.0 Å². The number of aryl methyl sites for hydroxylation is 2. The second kappa shape index (κ2) is 8.64. The predicted molar refractivity (Wildman–Crippen MR) is 132 cm³/mol. The monoisotopic (exact) mass is 467 g/mol. The number of halogens is 1. The summed E-state index contributed by atoms with van der Waals surface area (Å²) in [5, 5.41) is 0. The molecule has 2 aromatic heterocycles. The van der Waals surface area contributed by atoms with E-state index in [1.807, 2.05) is 62.4 Å². The first kappa shape index (κ1) is 22.2. The summed E-state index contributed by atoms with van der Waals surface area (Å²) in [5.41, 5.74) is 9.78. The van der Waals surface area contributed by atoms with E-state index in [4.69, 9.17) is 10.7 Å². The highest BCUT2D eigenvalue weighted by Gasteiger charge is 2.24. The average Bonchev–Trinajstić information content (AvgIpc) is 3.12. The van der Waals surface area contributed by atoms with E-state index >= 15 is 0 Å². The van der Waals surface area contributed by atoms with Gasteiger partial charge < -0.3 is 5.73 Å². The third-order valence-corrected chi connectivity index (χ3v) is 6.04. The smallest absolute Gasteiger partial charge is 0.335 e. The molecule has 35 heavy (non-hydrogen) atoms. The number of nitrogens with zero attached hydrogens (tertiary/aromatic N) is 4. The molecule has 7 nitrogen and oxygen atoms in total. The summed E-state index contributed by atoms with van der Waals surface area (Å²) in [6.45, 7) is 4.14. The molecule has 0 fully saturated rings. The maximum atomic E-state index is 13.7. The van der Waals surface area contributed by atoms with Gasteiger partial charge in [-0.1, -0.05) is 42.5 Å². The van der Waals surface area contributed by atoms with Gasteiger partial charge in [-0.05, 0) is 60.9 Å². The van der Waals surface area contributed by atoms with Crippen LogP contribution in [-0.4, -0.2) is 25.0 Å². The van der Waals surface area contributed by atoms with Gasteiger partial charge in [-0.3, -0.25) is 9.36 Å². The Morgan fingerprint density at radius 3 is 2.31 bits per heavy atom. The molecule has 3 aromatic carbocycles. The molecular weight excluding hydrogens is 445 g/mol. The van der Waals surface area contributed by atoms with Gasteiger partial charge >= 0.3 is 5.69 Å². The molecule has 0 aliphatic heterocycles. The van der Waals surface area contributed by atoms with E-state index in [0.717, 1.165) is 16.7 Å². The van der Waals surface area contributed by atoms with Gasteiger partial charge in [0.15, 0.2) is 17.2 Å². The Balaban J connectivity index is 1.86. The third kappa shape index (κ3) is 3.99. The normalized spacial score (nSPS) is 11.2. The molecule has 0 unspecified atom stereocenters. The van der Waals surface area contributed by atoms with Crippen molar-refractivity contribution >= 4 is 17.1 Å². The van der Waals surface area contributed by atoms with Crippen LogP contribution < -0.4 is 11.4 Å². The van der Waals surface area contributed by atoms with Crippen LogP contribution in [0.25, 0.3) is 28.2 Å². The van der Waals surface area contributed by atoms with Crippen LogP contribution in [0, 0.1) is 19.7 Å². The van der Waals surface area contributed by atoms with Gasteiger partial charge in [0.2, 0.25) is 0 Å². The maximum absolute atomic E-state index is 13.7. The molecular formula is C27H22FN5O2. The van der Waals surface area contributed by atoms with Crippen molar-refractivity contribution in [3.63, 3.8) is 0 Å². The average molecular weight is 468 g/mol. The quantitative estimate of drug-likeness (QED) is 0.420. The number of rotatable bonds is 5. The molecule has 0 bridgehead atoms. The summed E-state index contributed by atoms with van der Waals surface area (Å²) >= 11 is 0. The van der Waals surface area contributed by atoms with Gasteiger partial charge in [0.05, 0.1) is 12.2 Å². The highest BCUT2D eigenvalue weighted by atomic mass is 19.1. The lowest BCUT2D eigenvalue weighted by molar-refractivity contribution is 0.0997. The second-order valence-electron chi connectivity index (χ2n) is 8.40. The van der Waals surface area contributed by atoms with Gasteiger partial charge in [0, 0.05) is 5.56 Å². The molecule has 2 N–H and O–H groups in total. The summed E-state index contributed by atoms with van der Waals surface area (Å²) in [5.74, 6) is -0.944. The van der Waals surface area contributed by atoms with Crippen molar-refractivity contribution in [2.75, 3.05) is 0 Å². The third-order valence-electron chi connectivity index (χ3n) is 6.04. The fourth-order valence-corrected chi connectivity index (χ4v) is 4.07. The number of hydrogen-bond acceptors (Lipinski definition) is 4. The maximum Gasteiger partial charge on any atom is 0.335 e. The van der Waals surface area contributed by atoms with Gasteiger partial charge in [0.25, 0.3) is 5.91 Å². The van der Waals surface area contributed by atoms with Crippen LogP contribution in [0.4, 0.5) is 4.39 Å². The minimum absolute atomic E-state index is 0.0582. The van der Waals surface area contributed by atoms with Crippen LogP contribution in [0.15, 0.2) is 77.6 Å². The SMILES string of the molecule is Cc1ccc(-c2nc(C(N)=O)c3c(n2)n(-c2ccc(F)cc2)c(=O)n3Cc2ccccc2)cc1C. The number of hydrogen-bond donors (Lipinski definition) is 1. The lowest BCUT2D eigenvalue weighted by atomic mass is 10.1. The summed E-state index contributed by atoms with van der Waals surface area (Å²) in [6, 6.07) is 20.6. The van der Waals surface area contributed by atoms with E-state index in [1.54, 1.807) is 0 Å². The van der Waals surface area contributed by atoms with E-state index in [-0.39, 0.29) is 29.2 Å². The number of primary amides is 1. The van der Waals surface area contributed by atoms with Crippen molar-refractivity contribution in [2.45, 2.75) is 20.4 Å². The molecule has 0 spiro atoms. The van der Waals surface area contributed by atoms with E-state index in [0.29, 0.717) is 11.3 Å². The van der Waals surface area contributed by atoms with E-state index < -0.39 is 17.4 Å². The first-order chi connectivity index (χ1) is 16.8. The molecule has 5 aromatic rings. The molecule has 5 rings (SSSR count). The van der Waals surface area contributed by atoms with Crippen LogP contribution in [0.1, 0.15) is 27.2 Å². The number of carbonyl (C=O) groups is 1. The number of fused-ring (bicyclic) bond motifs is 1. The first-order valence-corrected chi connectivity index (χ1v) is 11.0. The molecule has 174 valence electrons. The Hall–Kier alpha value is -4.59. The highest BCUT2D eigenvalue weighted by molar-refractivity contribution is 6.02. The summed E-state index contributed by atoms with van der Waals surface area (Å²) < 4.78 is 16.4. The van der Waals surface area contributed by atoms with Crippen LogP contribution in [0.5, 0.6) is 0 Å². The van der Waals surface area contributed by atoms with Gasteiger partial charge in [-0.2, -0.15) is 0 Å². The molecule has 0 saturated heterocycles. The summed E-state index contributed by atoms with van der Waals surface area (Å²) in [4.78, 5) is 35.5. The minimum atomic E-state index is -0.777. The van der Waals surface area contributed by atoms with Crippen molar-refractivity contribution in [3.8, 4) is 17.1 Å². The summed E-state index contributed by atoms with van der Waals surface area (Å²) in [6.07, 6.45) is 0. The molecule has 8 heteroatoms. The van der Waals surface area contributed by atoms with Crippen molar-refractivity contribution < 1.29 is 9.18 Å². The fraction of sp³-hybridized carbons (Fsp3) is 0.111. The number of imidazole rings is 1. The summed E-state index contributed by atoms with van der Waals surface area (Å²) in [7, 11) is 0. The molecule has 0 atom stereocenters. The van der Waals surface area contributed by atoms with Crippen molar-refractivity contribution in [1.82, 2.24) is 19.1 Å². The molecule has 0 saturated carbocycles. The Bertz CT molecular complexity index is 1640. The molecule has 0 aliphatic rings. The van der Waals surface area contributed by atoms with Crippen molar-refractivity contribution in [1.29, 1.82) is 0 Å². The number of nitrogens with two attached hydrogens (primary N) is 1. The van der Waals surface area contributed by atoms with Gasteiger partial charge in [-0.25, -0.2) is 23.7 Å². The Morgan fingerprint density at radius 2 is 1.66 bits per heavy atom. The topological polar surface area (TPSA) is 95.8 Å². The number of amides is 1. The highest BCUT2D eigenvalue weighted by Crippen LogP contribution is 2.25. The lowest BCUT2D eigenvalue weighted by Gasteiger charge is -2.09. The van der Waals surface area contributed by atoms with Gasteiger partial charge in [-0.15, -0.1) is 0 Å². The molecule has 2 heterocycles. The standard InChI is InChI=1S/C27H22FN5O2/c1-16-8-9-19(14-17(16)2)25-30-22(24(29)34)23-26(31-25)33(21-12-10-20(28)11-13-21)27(35)32(23)15-18-6-4-3-5-7-18/h3-14H,15H2,1-2H3,(H2,29,34). The van der Waals surface area contributed by atoms with Crippen LogP contribution >= 0.6 is 0 Å². The Labute approximate surface area is 200 Å². The molecule has 0 radical (unpaired) electrons. The molecule has 1 amide bonds. The Morgan fingerprint density at radius 1 is 0.943 bits per heavy atom. The van der Waals surface area contributed by atoms with Gasteiger partial charge in [0.1, 0.15) is 11.3 Å².